The Morgan fingerprint density at radius 2 is 0.946 bits per heavy atom. The van der Waals surface area contributed by atoms with Crippen LogP contribution in [0, 0.1) is 0 Å². The predicted octanol–water partition coefficient (Wildman–Crippen LogP) is 9.41. The Hall–Kier alpha value is -2.54. The maximum absolute atomic E-state index is 14.0. The van der Waals surface area contributed by atoms with E-state index in [-0.39, 0.29) is 0 Å². The van der Waals surface area contributed by atoms with Gasteiger partial charge in [-0.15, -0.1) is 0 Å². The summed E-state index contributed by atoms with van der Waals surface area (Å²) in [5.41, 5.74) is 1.15. The average Bonchev–Trinajstić information content (AvgIpc) is 3.33. The van der Waals surface area contributed by atoms with Gasteiger partial charge in [-0.05, 0) is 0 Å². The van der Waals surface area contributed by atoms with Crippen molar-refractivity contribution in [3.8, 4) is 11.5 Å². The molecule has 0 atom stereocenters. The molecule has 2 aliphatic rings. The van der Waals surface area contributed by atoms with E-state index >= 15 is 0 Å². The number of alkyl halides is 6. The zero-order valence-electron chi connectivity index (χ0n) is 20.8. The first-order valence-corrected chi connectivity index (χ1v) is 16.2. The first-order chi connectivity index (χ1) is 17.3. The van der Waals surface area contributed by atoms with Gasteiger partial charge in [0.1, 0.15) is 0 Å². The van der Waals surface area contributed by atoms with Crippen LogP contribution in [0.4, 0.5) is 26.3 Å². The zero-order chi connectivity index (χ0) is 27.2. The Bertz CT molecular complexity index is 1240. The molecule has 0 heterocycles. The SMILES string of the molecule is CC1=CCC(C)=[C]1[Zr]([O]c1ccccc1C(F)(F)F)([O]c1ccccc1C(F)(F)F)[C]1=C(C)CC=C1C. The molecule has 2 aromatic carbocycles. The summed E-state index contributed by atoms with van der Waals surface area (Å²) < 4.78 is 98.4. The van der Waals surface area contributed by atoms with Crippen molar-refractivity contribution in [2.45, 2.75) is 52.9 Å². The zero-order valence-corrected chi connectivity index (χ0v) is 23.2. The van der Waals surface area contributed by atoms with Gasteiger partial charge in [0.05, 0.1) is 0 Å². The molecule has 0 aromatic heterocycles. The normalized spacial score (nSPS) is 16.8. The van der Waals surface area contributed by atoms with Gasteiger partial charge in [-0.1, -0.05) is 0 Å². The molecule has 2 nitrogen and oxygen atoms in total. The molecule has 0 amide bonds. The second-order valence-electron chi connectivity index (χ2n) is 9.30. The number of halogens is 6. The minimum absolute atomic E-state index is 0.449. The fourth-order valence-electron chi connectivity index (χ4n) is 5.01. The van der Waals surface area contributed by atoms with Crippen LogP contribution in [0.2, 0.25) is 0 Å². The Labute approximate surface area is 217 Å². The topological polar surface area (TPSA) is 18.5 Å². The maximum atomic E-state index is 14.0. The van der Waals surface area contributed by atoms with Crippen LogP contribution >= 0.6 is 0 Å². The fraction of sp³-hybridized carbons (Fsp3) is 0.286. The van der Waals surface area contributed by atoms with Crippen LogP contribution in [0.5, 0.6) is 11.5 Å². The van der Waals surface area contributed by atoms with Crippen molar-refractivity contribution in [3.05, 3.63) is 101 Å². The van der Waals surface area contributed by atoms with Crippen molar-refractivity contribution in [3.63, 3.8) is 0 Å². The number of allylic oxidation sites excluding steroid dienone is 8. The molecule has 196 valence electrons. The van der Waals surface area contributed by atoms with Crippen LogP contribution in [-0.2, 0) is 33.5 Å². The van der Waals surface area contributed by atoms with E-state index in [1.54, 1.807) is 13.8 Å². The summed E-state index contributed by atoms with van der Waals surface area (Å²) in [4.78, 5) is 0. The van der Waals surface area contributed by atoms with Gasteiger partial charge in [0.25, 0.3) is 0 Å². The van der Waals surface area contributed by atoms with Crippen LogP contribution in [0.1, 0.15) is 51.7 Å². The van der Waals surface area contributed by atoms with Crippen LogP contribution in [-0.4, -0.2) is 0 Å². The molecule has 37 heavy (non-hydrogen) atoms. The van der Waals surface area contributed by atoms with E-state index in [4.69, 9.17) is 5.63 Å². The van der Waals surface area contributed by atoms with Gasteiger partial charge in [-0.25, -0.2) is 0 Å². The van der Waals surface area contributed by atoms with Crippen molar-refractivity contribution in [2.75, 3.05) is 0 Å². The Morgan fingerprint density at radius 3 is 1.24 bits per heavy atom. The monoisotopic (exact) mass is 598 g/mol. The van der Waals surface area contributed by atoms with E-state index in [9.17, 15) is 26.3 Å². The van der Waals surface area contributed by atoms with E-state index in [0.29, 0.717) is 19.4 Å². The number of rotatable bonds is 6. The Balaban J connectivity index is 2.07. The first-order valence-electron chi connectivity index (χ1n) is 11.7. The molecule has 0 radical (unpaired) electrons. The van der Waals surface area contributed by atoms with Crippen molar-refractivity contribution >= 4 is 0 Å². The molecule has 0 unspecified atom stereocenters. The summed E-state index contributed by atoms with van der Waals surface area (Å²) >= 11 is -5.36. The minimum atomic E-state index is -5.36. The molecule has 0 fully saturated rings. The molecule has 0 bridgehead atoms. The predicted molar refractivity (Wildman–Crippen MR) is 126 cm³/mol. The Kier molecular flexibility index (Phi) is 7.41. The van der Waals surface area contributed by atoms with Crippen molar-refractivity contribution in [1.29, 1.82) is 0 Å². The van der Waals surface area contributed by atoms with Gasteiger partial charge in [0, 0.05) is 0 Å². The first kappa shape index (κ1) is 27.5. The fourth-order valence-corrected chi connectivity index (χ4v) is 15.4. The second-order valence-corrected chi connectivity index (χ2v) is 15.8. The quantitative estimate of drug-likeness (QED) is 0.308. The summed E-state index contributed by atoms with van der Waals surface area (Å²) in [6.45, 7) is 7.27. The standard InChI is InChI=1S/2C7H5F3O.2C7H9.Zr/c2*8-7(9,10)5-3-1-2-4-6(5)11;2*1-6-3-4-7(2)5-6;/h2*1-4,11H;2*3H,4H2,1-2H3;/q;;;;+2/p-2. The summed E-state index contributed by atoms with van der Waals surface area (Å²) in [5.74, 6) is -0.898. The molecule has 2 aliphatic carbocycles. The van der Waals surface area contributed by atoms with E-state index in [1.807, 2.05) is 26.0 Å². The molecule has 0 spiro atoms. The van der Waals surface area contributed by atoms with Crippen LogP contribution < -0.4 is 5.63 Å². The molecule has 2 aromatic rings. The third-order valence-electron chi connectivity index (χ3n) is 6.62. The van der Waals surface area contributed by atoms with Crippen molar-refractivity contribution in [1.82, 2.24) is 0 Å². The van der Waals surface area contributed by atoms with E-state index in [0.717, 1.165) is 34.4 Å². The van der Waals surface area contributed by atoms with Crippen LogP contribution in [0.3, 0.4) is 0 Å². The third kappa shape index (κ3) is 5.25. The van der Waals surface area contributed by atoms with Crippen LogP contribution in [0.25, 0.3) is 0 Å². The summed E-state index contributed by atoms with van der Waals surface area (Å²) in [7, 11) is 0. The van der Waals surface area contributed by atoms with Crippen LogP contribution in [0.15, 0.2) is 89.5 Å². The molecule has 4 rings (SSSR count). The van der Waals surface area contributed by atoms with Gasteiger partial charge in [0.2, 0.25) is 0 Å². The second kappa shape index (κ2) is 9.97. The van der Waals surface area contributed by atoms with Crippen molar-refractivity contribution in [2.24, 2.45) is 0 Å². The third-order valence-corrected chi connectivity index (χ3v) is 16.4. The van der Waals surface area contributed by atoms with Gasteiger partial charge in [-0.2, -0.15) is 0 Å². The molecular weight excluding hydrogens is 574 g/mol. The molecule has 9 heteroatoms. The Morgan fingerprint density at radius 1 is 0.595 bits per heavy atom. The van der Waals surface area contributed by atoms with Gasteiger partial charge in [-0.3, -0.25) is 0 Å². The number of hydrogen-bond acceptors (Lipinski definition) is 2. The van der Waals surface area contributed by atoms with E-state index < -0.39 is 56.1 Å². The van der Waals surface area contributed by atoms with Gasteiger partial charge in [0.15, 0.2) is 0 Å². The number of benzene rings is 2. The van der Waals surface area contributed by atoms with E-state index in [1.165, 1.54) is 36.4 Å². The summed E-state index contributed by atoms with van der Waals surface area (Å²) in [5, 5.41) is 0. The molecule has 0 N–H and O–H groups in total. The summed E-state index contributed by atoms with van der Waals surface area (Å²) in [6, 6.07) is 9.58. The average molecular weight is 600 g/mol. The molecule has 0 saturated carbocycles. The molecule has 0 saturated heterocycles. The summed E-state index contributed by atoms with van der Waals surface area (Å²) in [6.07, 6.45) is -4.60. The van der Waals surface area contributed by atoms with E-state index in [2.05, 4.69) is 0 Å². The molecule has 0 aliphatic heterocycles. The van der Waals surface area contributed by atoms with Crippen molar-refractivity contribution < 1.29 is 53.1 Å². The number of hydrogen-bond donors (Lipinski definition) is 0. The number of para-hydroxylation sites is 2. The van der Waals surface area contributed by atoms with Gasteiger partial charge < -0.3 is 0 Å². The van der Waals surface area contributed by atoms with Gasteiger partial charge >= 0.3 is 218 Å². The molecular formula is C28H26F6O2Zr.